The van der Waals surface area contributed by atoms with Gasteiger partial charge in [-0.2, -0.15) is 10.5 Å². The van der Waals surface area contributed by atoms with Crippen LogP contribution in [0.25, 0.3) is 0 Å². The summed E-state index contributed by atoms with van der Waals surface area (Å²) in [5, 5.41) is 20.4. The summed E-state index contributed by atoms with van der Waals surface area (Å²) in [6.07, 6.45) is 2.83. The molecule has 158 valence electrons. The van der Waals surface area contributed by atoms with Gasteiger partial charge in [0.15, 0.2) is 5.41 Å². The lowest BCUT2D eigenvalue weighted by molar-refractivity contribution is -0.138. The van der Waals surface area contributed by atoms with Gasteiger partial charge in [-0.1, -0.05) is 73.7 Å². The lowest BCUT2D eigenvalue weighted by Gasteiger charge is -2.49. The molecule has 0 aliphatic carbocycles. The van der Waals surface area contributed by atoms with Gasteiger partial charge in [-0.15, -0.1) is 6.58 Å². The third-order valence-electron chi connectivity index (χ3n) is 6.64. The van der Waals surface area contributed by atoms with Crippen molar-refractivity contribution in [3.05, 3.63) is 84.4 Å². The Balaban J connectivity index is 2.11. The molecule has 0 N–H and O–H groups in total. The molecular formula is C27H29N3O. The van der Waals surface area contributed by atoms with Gasteiger partial charge in [0, 0.05) is 32.0 Å². The highest BCUT2D eigenvalue weighted by Gasteiger charge is 2.56. The van der Waals surface area contributed by atoms with Crippen molar-refractivity contribution in [3.63, 3.8) is 0 Å². The number of allylic oxidation sites excluding steroid dienone is 1. The van der Waals surface area contributed by atoms with Crippen LogP contribution in [0.5, 0.6) is 0 Å². The Labute approximate surface area is 185 Å². The predicted molar refractivity (Wildman–Crippen MR) is 122 cm³/mol. The molecule has 2 aromatic rings. The number of hydrogen-bond acceptors (Lipinski definition) is 4. The average Bonchev–Trinajstić information content (AvgIpc) is 2.82. The first-order valence-corrected chi connectivity index (χ1v) is 10.8. The van der Waals surface area contributed by atoms with Crippen molar-refractivity contribution in [1.29, 1.82) is 10.5 Å². The predicted octanol–water partition coefficient (Wildman–Crippen LogP) is 5.25. The highest BCUT2D eigenvalue weighted by Crippen LogP contribution is 2.54. The van der Waals surface area contributed by atoms with E-state index in [4.69, 9.17) is 0 Å². The molecule has 0 spiro atoms. The van der Waals surface area contributed by atoms with E-state index in [1.165, 1.54) is 5.56 Å². The molecule has 1 fully saturated rings. The van der Waals surface area contributed by atoms with Crippen LogP contribution in [0.15, 0.2) is 73.3 Å². The van der Waals surface area contributed by atoms with Crippen molar-refractivity contribution in [1.82, 2.24) is 4.90 Å². The Morgan fingerprint density at radius 3 is 2.29 bits per heavy atom. The van der Waals surface area contributed by atoms with Gasteiger partial charge >= 0.3 is 0 Å². The zero-order valence-corrected chi connectivity index (χ0v) is 18.1. The summed E-state index contributed by atoms with van der Waals surface area (Å²) < 4.78 is 0. The third-order valence-corrected chi connectivity index (χ3v) is 6.64. The molecule has 0 unspecified atom stereocenters. The number of piperidine rings is 1. The maximum Gasteiger partial charge on any atom is 0.155 e. The van der Waals surface area contributed by atoms with Gasteiger partial charge in [0.1, 0.15) is 5.78 Å². The summed E-state index contributed by atoms with van der Waals surface area (Å²) in [6.45, 7) is 7.76. The topological polar surface area (TPSA) is 67.9 Å². The molecule has 1 aliphatic rings. The van der Waals surface area contributed by atoms with E-state index in [2.05, 4.69) is 35.8 Å². The minimum atomic E-state index is -1.36. The van der Waals surface area contributed by atoms with Crippen molar-refractivity contribution in [2.75, 3.05) is 13.1 Å². The van der Waals surface area contributed by atoms with Crippen LogP contribution < -0.4 is 0 Å². The van der Waals surface area contributed by atoms with Crippen molar-refractivity contribution in [2.45, 2.75) is 38.6 Å². The van der Waals surface area contributed by atoms with Gasteiger partial charge in [0.2, 0.25) is 0 Å². The van der Waals surface area contributed by atoms with Crippen molar-refractivity contribution < 1.29 is 4.79 Å². The molecule has 2 aromatic carbocycles. The summed E-state index contributed by atoms with van der Waals surface area (Å²) in [5.74, 6) is -0.391. The normalized spacial score (nSPS) is 20.4. The molecule has 0 aromatic heterocycles. The number of rotatable bonds is 8. The lowest BCUT2D eigenvalue weighted by Crippen LogP contribution is -2.55. The molecule has 1 saturated heterocycles. The summed E-state index contributed by atoms with van der Waals surface area (Å²) >= 11 is 0. The zero-order chi connectivity index (χ0) is 22.3. The van der Waals surface area contributed by atoms with E-state index < -0.39 is 16.7 Å². The smallest absolute Gasteiger partial charge is 0.155 e. The summed E-state index contributed by atoms with van der Waals surface area (Å²) in [5.41, 5.74) is -0.117. The third kappa shape index (κ3) is 4.31. The van der Waals surface area contributed by atoms with Crippen LogP contribution >= 0.6 is 0 Å². The molecule has 0 saturated carbocycles. The van der Waals surface area contributed by atoms with Crippen molar-refractivity contribution >= 4 is 5.78 Å². The van der Waals surface area contributed by atoms with Gasteiger partial charge in [0.05, 0.1) is 17.6 Å². The molecule has 2 atom stereocenters. The zero-order valence-electron chi connectivity index (χ0n) is 18.1. The number of carbonyl (C=O) groups excluding carboxylic acids is 1. The SMILES string of the molecule is C=CCC(C#N)(C#N)[C@@H](c1ccccc1)[C@@]1(CC)CN(Cc2ccccc2)CCC1=O. The number of nitriles is 2. The molecule has 3 rings (SSSR count). The van der Waals surface area contributed by atoms with Crippen LogP contribution in [0.2, 0.25) is 0 Å². The van der Waals surface area contributed by atoms with E-state index in [0.717, 1.165) is 12.1 Å². The van der Waals surface area contributed by atoms with Gasteiger partial charge in [-0.05, 0) is 24.0 Å². The Morgan fingerprint density at radius 1 is 1.13 bits per heavy atom. The van der Waals surface area contributed by atoms with Crippen LogP contribution in [0.1, 0.15) is 43.2 Å². The van der Waals surface area contributed by atoms with Crippen LogP contribution in [-0.2, 0) is 11.3 Å². The molecule has 0 radical (unpaired) electrons. The van der Waals surface area contributed by atoms with Gasteiger partial charge in [-0.3, -0.25) is 9.69 Å². The van der Waals surface area contributed by atoms with Crippen LogP contribution in [-0.4, -0.2) is 23.8 Å². The van der Waals surface area contributed by atoms with E-state index in [1.807, 2.05) is 55.5 Å². The molecule has 1 heterocycles. The Kier molecular flexibility index (Phi) is 7.06. The minimum Gasteiger partial charge on any atom is -0.299 e. The monoisotopic (exact) mass is 411 g/mol. The van der Waals surface area contributed by atoms with E-state index in [9.17, 15) is 15.3 Å². The fourth-order valence-electron chi connectivity index (χ4n) is 5.13. The second-order valence-corrected chi connectivity index (χ2v) is 8.41. The first-order chi connectivity index (χ1) is 15.0. The number of hydrogen-bond donors (Lipinski definition) is 0. The number of Topliss-reactive ketones (excluding diaryl/α,β-unsaturated/α-hetero) is 1. The molecule has 0 bridgehead atoms. The second-order valence-electron chi connectivity index (χ2n) is 8.41. The van der Waals surface area contributed by atoms with E-state index in [0.29, 0.717) is 25.9 Å². The second kappa shape index (κ2) is 9.73. The average molecular weight is 412 g/mol. The molecule has 4 nitrogen and oxygen atoms in total. The number of ketones is 1. The standard InChI is InChI=1S/C27H29N3O/c1-3-16-26(19-28,20-29)25(23-13-9-6-10-14-23)27(4-2)21-30(17-15-24(27)31)18-22-11-7-5-8-12-22/h3,5-14,25H,1,4,15-18,21H2,2H3/t25-,27+/m1/s1. The number of likely N-dealkylation sites (tertiary alicyclic amines) is 1. The van der Waals surface area contributed by atoms with Crippen LogP contribution in [0, 0.1) is 33.5 Å². The van der Waals surface area contributed by atoms with Gasteiger partial charge in [0.25, 0.3) is 0 Å². The summed E-state index contributed by atoms with van der Waals surface area (Å²) in [6, 6.07) is 24.4. The Bertz CT molecular complexity index is 973. The molecule has 4 heteroatoms. The Morgan fingerprint density at radius 2 is 1.74 bits per heavy atom. The maximum atomic E-state index is 13.6. The molecule has 31 heavy (non-hydrogen) atoms. The first-order valence-electron chi connectivity index (χ1n) is 10.8. The fraction of sp³-hybridized carbons (Fsp3) is 0.370. The van der Waals surface area contributed by atoms with Crippen molar-refractivity contribution in [3.8, 4) is 12.1 Å². The highest BCUT2D eigenvalue weighted by molar-refractivity contribution is 5.87. The lowest BCUT2D eigenvalue weighted by atomic mass is 9.55. The van der Waals surface area contributed by atoms with Crippen LogP contribution in [0.3, 0.4) is 0 Å². The number of benzene rings is 2. The van der Waals surface area contributed by atoms with E-state index in [1.54, 1.807) is 6.08 Å². The summed E-state index contributed by atoms with van der Waals surface area (Å²) in [7, 11) is 0. The Hall–Kier alpha value is -3.21. The molecular weight excluding hydrogens is 382 g/mol. The van der Waals surface area contributed by atoms with Gasteiger partial charge in [-0.25, -0.2) is 0 Å². The minimum absolute atomic E-state index is 0.145. The van der Waals surface area contributed by atoms with E-state index >= 15 is 0 Å². The van der Waals surface area contributed by atoms with Crippen LogP contribution in [0.4, 0.5) is 0 Å². The quantitative estimate of drug-likeness (QED) is 0.556. The molecule has 1 aliphatic heterocycles. The van der Waals surface area contributed by atoms with E-state index in [-0.39, 0.29) is 12.2 Å². The highest BCUT2D eigenvalue weighted by atomic mass is 16.1. The largest absolute Gasteiger partial charge is 0.299 e. The summed E-state index contributed by atoms with van der Waals surface area (Å²) in [4.78, 5) is 15.9. The fourth-order valence-corrected chi connectivity index (χ4v) is 5.13. The van der Waals surface area contributed by atoms with Gasteiger partial charge < -0.3 is 0 Å². The maximum absolute atomic E-state index is 13.6. The number of nitrogens with zero attached hydrogens (tertiary/aromatic N) is 3. The van der Waals surface area contributed by atoms with Crippen molar-refractivity contribution in [2.24, 2.45) is 10.8 Å². The first kappa shape index (κ1) is 22.5. The number of carbonyl (C=O) groups is 1. The molecule has 0 amide bonds.